The van der Waals surface area contributed by atoms with Gasteiger partial charge in [0.2, 0.25) is 11.8 Å². The molecule has 1 unspecified atom stereocenters. The first-order chi connectivity index (χ1) is 13.4. The van der Waals surface area contributed by atoms with Crippen molar-refractivity contribution in [3.05, 3.63) is 46.4 Å². The minimum absolute atomic E-state index is 0.152. The normalized spacial score (nSPS) is 23.1. The summed E-state index contributed by atoms with van der Waals surface area (Å²) in [6, 6.07) is 4.78. The van der Waals surface area contributed by atoms with Gasteiger partial charge in [0.05, 0.1) is 5.92 Å². The van der Waals surface area contributed by atoms with Crippen molar-refractivity contribution in [3.8, 4) is 0 Å². The first-order valence-corrected chi connectivity index (χ1v) is 10.4. The molecule has 2 aromatic rings. The largest absolute Gasteiger partial charge is 0.425 e. The van der Waals surface area contributed by atoms with Crippen LogP contribution in [-0.4, -0.2) is 53.2 Å². The van der Waals surface area contributed by atoms with Gasteiger partial charge >= 0.3 is 0 Å². The molecule has 0 bridgehead atoms. The predicted molar refractivity (Wildman–Crippen MR) is 107 cm³/mol. The van der Waals surface area contributed by atoms with Gasteiger partial charge in [-0.1, -0.05) is 25.4 Å². The Morgan fingerprint density at radius 2 is 2.04 bits per heavy atom. The molecule has 0 saturated carbocycles. The lowest BCUT2D eigenvalue weighted by molar-refractivity contribution is 0.0866. The summed E-state index contributed by atoms with van der Waals surface area (Å²) in [5.41, 5.74) is 0.820. The fourth-order valence-corrected chi connectivity index (χ4v) is 4.94. The third-order valence-electron chi connectivity index (χ3n) is 6.32. The van der Waals surface area contributed by atoms with E-state index in [0.717, 1.165) is 44.9 Å². The van der Waals surface area contributed by atoms with Crippen LogP contribution in [0.5, 0.6) is 0 Å². The summed E-state index contributed by atoms with van der Waals surface area (Å²) in [7, 11) is 2.16. The Kier molecular flexibility index (Phi) is 5.47. The van der Waals surface area contributed by atoms with E-state index in [1.165, 1.54) is 6.07 Å². The van der Waals surface area contributed by atoms with E-state index in [1.54, 1.807) is 12.1 Å². The van der Waals surface area contributed by atoms with E-state index in [9.17, 15) is 4.39 Å². The third kappa shape index (κ3) is 3.82. The molecular weight excluding hydrogens is 379 g/mol. The van der Waals surface area contributed by atoms with Gasteiger partial charge in [0.15, 0.2) is 0 Å². The zero-order valence-electron chi connectivity index (χ0n) is 16.8. The lowest BCUT2D eigenvalue weighted by Gasteiger charge is -2.41. The van der Waals surface area contributed by atoms with Crippen LogP contribution in [0.2, 0.25) is 5.02 Å². The predicted octanol–water partition coefficient (Wildman–Crippen LogP) is 4.30. The lowest BCUT2D eigenvalue weighted by Crippen LogP contribution is -2.43. The van der Waals surface area contributed by atoms with Crippen LogP contribution in [0.15, 0.2) is 22.6 Å². The molecule has 3 heterocycles. The monoisotopic (exact) mass is 406 g/mol. The summed E-state index contributed by atoms with van der Waals surface area (Å²) in [6.45, 7) is 8.59. The molecule has 0 aliphatic carbocycles. The zero-order valence-corrected chi connectivity index (χ0v) is 17.5. The maximum Gasteiger partial charge on any atom is 0.221 e. The molecule has 0 N–H and O–H groups in total. The van der Waals surface area contributed by atoms with Crippen molar-refractivity contribution in [2.24, 2.45) is 5.41 Å². The van der Waals surface area contributed by atoms with E-state index in [4.69, 9.17) is 16.0 Å². The van der Waals surface area contributed by atoms with E-state index < -0.39 is 0 Å². The number of aromatic nitrogens is 2. The Morgan fingerprint density at radius 3 is 2.71 bits per heavy atom. The SMILES string of the molecule is CC(C)c1nnc(C2CN(C)CC23CCN(Cc2cc(Cl)ccc2F)CC3)o1. The molecule has 2 aliphatic heterocycles. The molecule has 7 heteroatoms. The first kappa shape index (κ1) is 19.8. The van der Waals surface area contributed by atoms with Gasteiger partial charge in [0.25, 0.3) is 0 Å². The first-order valence-electron chi connectivity index (χ1n) is 10.0. The number of nitrogens with zero attached hydrogens (tertiary/aromatic N) is 4. The van der Waals surface area contributed by atoms with E-state index in [-0.39, 0.29) is 23.1 Å². The number of rotatable bonds is 4. The van der Waals surface area contributed by atoms with Crippen LogP contribution in [-0.2, 0) is 6.54 Å². The van der Waals surface area contributed by atoms with Crippen LogP contribution in [0, 0.1) is 11.2 Å². The van der Waals surface area contributed by atoms with Gasteiger partial charge in [-0.05, 0) is 56.6 Å². The average molecular weight is 407 g/mol. The molecule has 0 amide bonds. The maximum atomic E-state index is 14.1. The fourth-order valence-electron chi connectivity index (χ4n) is 4.75. The quantitative estimate of drug-likeness (QED) is 0.757. The van der Waals surface area contributed by atoms with E-state index >= 15 is 0 Å². The van der Waals surface area contributed by atoms with Crippen LogP contribution in [0.25, 0.3) is 0 Å². The standard InChI is InChI=1S/C21H28ClFN4O/c1-14(2)19-24-25-20(28-19)17-12-26(3)13-21(17)6-8-27(9-7-21)11-15-10-16(22)4-5-18(15)23/h4-5,10,14,17H,6-9,11-13H2,1-3H3. The van der Waals surface area contributed by atoms with Crippen LogP contribution in [0.1, 0.15) is 55.9 Å². The van der Waals surface area contributed by atoms with Gasteiger partial charge < -0.3 is 9.32 Å². The van der Waals surface area contributed by atoms with Crippen molar-refractivity contribution in [1.29, 1.82) is 0 Å². The van der Waals surface area contributed by atoms with Crippen molar-refractivity contribution in [1.82, 2.24) is 20.0 Å². The number of likely N-dealkylation sites (N-methyl/N-ethyl adjacent to an activating group) is 1. The summed E-state index contributed by atoms with van der Waals surface area (Å²) in [6.07, 6.45) is 2.09. The van der Waals surface area contributed by atoms with Crippen LogP contribution in [0.4, 0.5) is 4.39 Å². The van der Waals surface area contributed by atoms with E-state index in [1.807, 2.05) is 0 Å². The van der Waals surface area contributed by atoms with Crippen LogP contribution in [0.3, 0.4) is 0 Å². The maximum absolute atomic E-state index is 14.1. The summed E-state index contributed by atoms with van der Waals surface area (Å²) < 4.78 is 20.1. The molecule has 1 spiro atoms. The van der Waals surface area contributed by atoms with Gasteiger partial charge in [-0.3, -0.25) is 4.90 Å². The van der Waals surface area contributed by atoms with Crippen LogP contribution < -0.4 is 0 Å². The van der Waals surface area contributed by atoms with Crippen molar-refractivity contribution in [2.75, 3.05) is 33.2 Å². The number of likely N-dealkylation sites (tertiary alicyclic amines) is 2. The molecule has 2 aliphatic rings. The molecule has 152 valence electrons. The molecule has 0 radical (unpaired) electrons. The second-order valence-corrected chi connectivity index (χ2v) is 9.19. The van der Waals surface area contributed by atoms with Crippen molar-refractivity contribution in [2.45, 2.75) is 45.1 Å². The fraction of sp³-hybridized carbons (Fsp3) is 0.619. The van der Waals surface area contributed by atoms with Crippen LogP contribution >= 0.6 is 11.6 Å². The number of piperidine rings is 1. The Balaban J connectivity index is 1.47. The van der Waals surface area contributed by atoms with E-state index in [2.05, 4.69) is 40.9 Å². The highest BCUT2D eigenvalue weighted by Gasteiger charge is 2.50. The average Bonchev–Trinajstić information content (AvgIpc) is 3.25. The Morgan fingerprint density at radius 1 is 1.29 bits per heavy atom. The summed E-state index contributed by atoms with van der Waals surface area (Å²) in [4.78, 5) is 4.69. The summed E-state index contributed by atoms with van der Waals surface area (Å²) in [5.74, 6) is 1.82. The van der Waals surface area contributed by atoms with Gasteiger partial charge in [-0.25, -0.2) is 4.39 Å². The smallest absolute Gasteiger partial charge is 0.221 e. The van der Waals surface area contributed by atoms with Crippen molar-refractivity contribution >= 4 is 11.6 Å². The molecule has 28 heavy (non-hydrogen) atoms. The molecule has 4 rings (SSSR count). The van der Waals surface area contributed by atoms with Gasteiger partial charge in [0, 0.05) is 36.1 Å². The zero-order chi connectivity index (χ0) is 19.9. The van der Waals surface area contributed by atoms with Gasteiger partial charge in [-0.15, -0.1) is 10.2 Å². The third-order valence-corrected chi connectivity index (χ3v) is 6.56. The molecule has 2 fully saturated rings. The molecule has 1 aromatic heterocycles. The second kappa shape index (κ2) is 7.73. The molecule has 2 saturated heterocycles. The van der Waals surface area contributed by atoms with Gasteiger partial charge in [0.1, 0.15) is 5.82 Å². The minimum atomic E-state index is -0.185. The minimum Gasteiger partial charge on any atom is -0.425 e. The van der Waals surface area contributed by atoms with Crippen molar-refractivity contribution in [3.63, 3.8) is 0 Å². The Bertz CT molecular complexity index is 832. The lowest BCUT2D eigenvalue weighted by atomic mass is 9.70. The molecule has 5 nitrogen and oxygen atoms in total. The second-order valence-electron chi connectivity index (χ2n) is 8.76. The molecule has 1 atom stereocenters. The van der Waals surface area contributed by atoms with E-state index in [0.29, 0.717) is 23.0 Å². The Labute approximate surface area is 170 Å². The summed E-state index contributed by atoms with van der Waals surface area (Å²) in [5, 5.41) is 9.23. The molecular formula is C21H28ClFN4O. The number of halogens is 2. The van der Waals surface area contributed by atoms with Gasteiger partial charge in [-0.2, -0.15) is 0 Å². The summed E-state index contributed by atoms with van der Waals surface area (Å²) >= 11 is 6.05. The topological polar surface area (TPSA) is 45.4 Å². The number of hydrogen-bond acceptors (Lipinski definition) is 5. The highest BCUT2D eigenvalue weighted by Crippen LogP contribution is 2.49. The van der Waals surface area contributed by atoms with Crippen molar-refractivity contribution < 1.29 is 8.81 Å². The number of benzene rings is 1. The highest BCUT2D eigenvalue weighted by atomic mass is 35.5. The number of hydrogen-bond donors (Lipinski definition) is 0. The Hall–Kier alpha value is -1.50. The molecule has 1 aromatic carbocycles. The highest BCUT2D eigenvalue weighted by molar-refractivity contribution is 6.30.